The number of anilines is 1. The van der Waals surface area contributed by atoms with Gasteiger partial charge in [-0.1, -0.05) is 11.2 Å². The van der Waals surface area contributed by atoms with E-state index in [1.807, 2.05) is 18.2 Å². The number of hydrogen-bond acceptors (Lipinski definition) is 6. The van der Waals surface area contributed by atoms with Crippen LogP contribution >= 0.6 is 0 Å². The first-order chi connectivity index (χ1) is 9.78. The normalized spacial score (nSPS) is 18.1. The Morgan fingerprint density at radius 1 is 1.40 bits per heavy atom. The summed E-state index contributed by atoms with van der Waals surface area (Å²) in [5.74, 6) is 1.55. The second-order valence-electron chi connectivity index (χ2n) is 4.55. The number of aromatic nitrogens is 1. The Labute approximate surface area is 116 Å². The van der Waals surface area contributed by atoms with E-state index in [1.54, 1.807) is 13.2 Å². The number of ether oxygens (including phenoxy) is 3. The molecule has 1 aromatic carbocycles. The highest BCUT2D eigenvalue weighted by Gasteiger charge is 2.21. The topological polar surface area (TPSA) is 79.7 Å². The Balaban J connectivity index is 1.94. The fourth-order valence-electron chi connectivity index (χ4n) is 2.22. The molecule has 20 heavy (non-hydrogen) atoms. The molecule has 0 aliphatic carbocycles. The molecule has 1 unspecified atom stereocenters. The average Bonchev–Trinajstić information content (AvgIpc) is 3.10. The van der Waals surface area contributed by atoms with Crippen molar-refractivity contribution in [2.24, 2.45) is 0 Å². The van der Waals surface area contributed by atoms with E-state index in [2.05, 4.69) is 5.16 Å². The molecule has 0 bridgehead atoms. The van der Waals surface area contributed by atoms with Crippen molar-refractivity contribution >= 4 is 5.88 Å². The summed E-state index contributed by atoms with van der Waals surface area (Å²) in [6.45, 7) is 1.33. The maximum Gasteiger partial charge on any atom is 0.222 e. The molecule has 0 spiro atoms. The molecule has 1 aromatic heterocycles. The first kappa shape index (κ1) is 12.8. The molecular weight excluding hydrogens is 260 g/mol. The average molecular weight is 276 g/mol. The molecule has 2 heterocycles. The second-order valence-corrected chi connectivity index (χ2v) is 4.55. The van der Waals surface area contributed by atoms with Gasteiger partial charge in [0, 0.05) is 18.1 Å². The van der Waals surface area contributed by atoms with Crippen LogP contribution in [0.25, 0.3) is 11.3 Å². The maximum atomic E-state index is 5.93. The van der Waals surface area contributed by atoms with Crippen LogP contribution in [0.2, 0.25) is 0 Å². The van der Waals surface area contributed by atoms with Crippen LogP contribution in [0.5, 0.6) is 11.5 Å². The first-order valence-corrected chi connectivity index (χ1v) is 6.42. The Morgan fingerprint density at radius 3 is 2.95 bits per heavy atom. The van der Waals surface area contributed by atoms with Crippen LogP contribution in [0.1, 0.15) is 6.42 Å². The first-order valence-electron chi connectivity index (χ1n) is 6.42. The summed E-state index contributed by atoms with van der Waals surface area (Å²) >= 11 is 0. The van der Waals surface area contributed by atoms with E-state index in [9.17, 15) is 0 Å². The fraction of sp³-hybridized carbons (Fsp3) is 0.357. The van der Waals surface area contributed by atoms with Crippen LogP contribution in [0, 0.1) is 0 Å². The highest BCUT2D eigenvalue weighted by Crippen LogP contribution is 2.38. The zero-order valence-electron chi connectivity index (χ0n) is 11.2. The second kappa shape index (κ2) is 5.42. The van der Waals surface area contributed by atoms with E-state index in [1.165, 1.54) is 0 Å². The van der Waals surface area contributed by atoms with Crippen molar-refractivity contribution in [3.63, 3.8) is 0 Å². The predicted octanol–water partition coefficient (Wildman–Crippen LogP) is 2.10. The van der Waals surface area contributed by atoms with Crippen molar-refractivity contribution in [1.82, 2.24) is 5.16 Å². The molecule has 1 saturated heterocycles. The van der Waals surface area contributed by atoms with Gasteiger partial charge < -0.3 is 24.5 Å². The van der Waals surface area contributed by atoms with Crippen molar-refractivity contribution in [2.45, 2.75) is 12.5 Å². The lowest BCUT2D eigenvalue weighted by molar-refractivity contribution is 0.139. The van der Waals surface area contributed by atoms with Gasteiger partial charge in [-0.05, 0) is 12.1 Å². The maximum absolute atomic E-state index is 5.93. The Kier molecular flexibility index (Phi) is 3.47. The highest BCUT2D eigenvalue weighted by atomic mass is 16.6. The summed E-state index contributed by atoms with van der Waals surface area (Å²) < 4.78 is 21.6. The summed E-state index contributed by atoms with van der Waals surface area (Å²) in [4.78, 5) is 0. The van der Waals surface area contributed by atoms with Crippen LogP contribution in [0.3, 0.4) is 0 Å². The predicted molar refractivity (Wildman–Crippen MR) is 72.8 cm³/mol. The molecule has 0 radical (unpaired) electrons. The van der Waals surface area contributed by atoms with Crippen molar-refractivity contribution in [1.29, 1.82) is 0 Å². The van der Waals surface area contributed by atoms with E-state index < -0.39 is 0 Å². The summed E-state index contributed by atoms with van der Waals surface area (Å²) in [5.41, 5.74) is 6.96. The summed E-state index contributed by atoms with van der Waals surface area (Å²) in [6.07, 6.45) is 0.936. The lowest BCUT2D eigenvalue weighted by Gasteiger charge is -2.16. The summed E-state index contributed by atoms with van der Waals surface area (Å²) in [7, 11) is 1.60. The minimum Gasteiger partial charge on any atom is -0.492 e. The van der Waals surface area contributed by atoms with Gasteiger partial charge in [-0.15, -0.1) is 0 Å². The minimum atomic E-state index is 0.0570. The molecule has 2 N–H and O–H groups in total. The molecule has 0 saturated carbocycles. The van der Waals surface area contributed by atoms with Gasteiger partial charge in [-0.3, -0.25) is 0 Å². The number of methoxy groups -OCH3 is 1. The zero-order valence-corrected chi connectivity index (χ0v) is 11.2. The monoisotopic (exact) mass is 276 g/mol. The quantitative estimate of drug-likeness (QED) is 0.921. The smallest absolute Gasteiger partial charge is 0.222 e. The molecule has 6 nitrogen and oxygen atoms in total. The van der Waals surface area contributed by atoms with E-state index in [4.69, 9.17) is 24.5 Å². The largest absolute Gasteiger partial charge is 0.492 e. The number of hydrogen-bond donors (Lipinski definition) is 1. The molecule has 106 valence electrons. The minimum absolute atomic E-state index is 0.0570. The molecule has 1 aliphatic heterocycles. The van der Waals surface area contributed by atoms with Gasteiger partial charge >= 0.3 is 0 Å². The molecule has 2 aromatic rings. The van der Waals surface area contributed by atoms with Gasteiger partial charge in [0.2, 0.25) is 5.88 Å². The highest BCUT2D eigenvalue weighted by molar-refractivity contribution is 5.72. The Bertz CT molecular complexity index is 591. The third-order valence-corrected chi connectivity index (χ3v) is 3.17. The molecule has 0 amide bonds. The van der Waals surface area contributed by atoms with Gasteiger partial charge in [-0.2, -0.15) is 0 Å². The van der Waals surface area contributed by atoms with Crippen molar-refractivity contribution in [3.8, 4) is 22.8 Å². The Morgan fingerprint density at radius 2 is 2.30 bits per heavy atom. The van der Waals surface area contributed by atoms with Gasteiger partial charge in [0.15, 0.2) is 11.5 Å². The molecule has 1 aliphatic rings. The van der Waals surface area contributed by atoms with Gasteiger partial charge in [0.1, 0.15) is 11.8 Å². The molecule has 1 atom stereocenters. The zero-order chi connectivity index (χ0) is 13.9. The van der Waals surface area contributed by atoms with Crippen LogP contribution in [-0.2, 0) is 4.74 Å². The van der Waals surface area contributed by atoms with Gasteiger partial charge in [0.25, 0.3) is 0 Å². The third kappa shape index (κ3) is 2.42. The van der Waals surface area contributed by atoms with Crippen molar-refractivity contribution in [2.75, 3.05) is 26.1 Å². The molecule has 1 fully saturated rings. The van der Waals surface area contributed by atoms with Gasteiger partial charge in [-0.25, -0.2) is 0 Å². The Hall–Kier alpha value is -2.21. The van der Waals surface area contributed by atoms with E-state index in [-0.39, 0.29) is 12.0 Å². The van der Waals surface area contributed by atoms with E-state index >= 15 is 0 Å². The molecule has 3 rings (SSSR count). The summed E-state index contributed by atoms with van der Waals surface area (Å²) in [5, 5.41) is 3.91. The van der Waals surface area contributed by atoms with Crippen LogP contribution in [0.4, 0.5) is 5.88 Å². The van der Waals surface area contributed by atoms with Gasteiger partial charge in [0.05, 0.1) is 20.3 Å². The number of nitrogens with zero attached hydrogens (tertiary/aromatic N) is 1. The SMILES string of the molecule is COc1c(OC2CCOC2)cccc1-c1cc(N)on1. The van der Waals surface area contributed by atoms with E-state index in [0.717, 1.165) is 18.6 Å². The number of para-hydroxylation sites is 1. The van der Waals surface area contributed by atoms with Crippen molar-refractivity contribution in [3.05, 3.63) is 24.3 Å². The standard InChI is InChI=1S/C14H16N2O4/c1-17-14-10(11-7-13(15)20-16-11)3-2-4-12(14)19-9-5-6-18-8-9/h2-4,7,9H,5-6,8,15H2,1H3. The number of rotatable bonds is 4. The fourth-order valence-corrected chi connectivity index (χ4v) is 2.22. The van der Waals surface area contributed by atoms with E-state index in [0.29, 0.717) is 23.8 Å². The lowest BCUT2D eigenvalue weighted by Crippen LogP contribution is -2.16. The van der Waals surface area contributed by atoms with Crippen molar-refractivity contribution < 1.29 is 18.7 Å². The third-order valence-electron chi connectivity index (χ3n) is 3.17. The molecular formula is C14H16N2O4. The molecule has 6 heteroatoms. The van der Waals surface area contributed by atoms with Crippen LogP contribution < -0.4 is 15.2 Å². The number of nitrogens with two attached hydrogens (primary N) is 1. The van der Waals surface area contributed by atoms with Crippen LogP contribution in [0.15, 0.2) is 28.8 Å². The number of nitrogen functional groups attached to an aromatic ring is 1. The lowest BCUT2D eigenvalue weighted by atomic mass is 10.1. The summed E-state index contributed by atoms with van der Waals surface area (Å²) in [6, 6.07) is 7.28. The van der Waals surface area contributed by atoms with Crippen LogP contribution in [-0.4, -0.2) is 31.6 Å². The number of benzene rings is 1.